The fourth-order valence-corrected chi connectivity index (χ4v) is 2.13. The molecule has 0 spiro atoms. The molecule has 0 aliphatic heterocycles. The smallest absolute Gasteiger partial charge is 0.354 e. The first-order valence-electron chi connectivity index (χ1n) is 6.09. The average molecular weight is 265 g/mol. The number of rotatable bonds is 5. The SMILES string of the molecule is CN(CC1CCC1)c1nc(C(=O)O)ccc1[N+](=O)[O-]. The van der Waals surface area contributed by atoms with Crippen molar-refractivity contribution in [2.24, 2.45) is 5.92 Å². The van der Waals surface area contributed by atoms with Gasteiger partial charge in [0.1, 0.15) is 0 Å². The van der Waals surface area contributed by atoms with Gasteiger partial charge in [-0.1, -0.05) is 6.42 Å². The van der Waals surface area contributed by atoms with Gasteiger partial charge in [-0.05, 0) is 24.8 Å². The third-order valence-electron chi connectivity index (χ3n) is 3.39. The molecule has 0 unspecified atom stereocenters. The molecule has 1 saturated carbocycles. The number of hydrogen-bond acceptors (Lipinski definition) is 5. The molecule has 1 aliphatic rings. The highest BCUT2D eigenvalue weighted by Crippen LogP contribution is 2.31. The Morgan fingerprint density at radius 3 is 2.74 bits per heavy atom. The minimum Gasteiger partial charge on any atom is -0.477 e. The third kappa shape index (κ3) is 2.81. The summed E-state index contributed by atoms with van der Waals surface area (Å²) in [6.07, 6.45) is 3.40. The average Bonchev–Trinajstić information content (AvgIpc) is 2.32. The number of carboxylic acids is 1. The van der Waals surface area contributed by atoms with Gasteiger partial charge >= 0.3 is 11.7 Å². The van der Waals surface area contributed by atoms with E-state index in [0.717, 1.165) is 18.9 Å². The van der Waals surface area contributed by atoms with E-state index in [4.69, 9.17) is 5.11 Å². The lowest BCUT2D eigenvalue weighted by atomic mass is 9.85. The Morgan fingerprint density at radius 1 is 1.58 bits per heavy atom. The zero-order chi connectivity index (χ0) is 14.0. The number of hydrogen-bond donors (Lipinski definition) is 1. The Morgan fingerprint density at radius 2 is 2.26 bits per heavy atom. The number of nitro groups is 1. The molecule has 1 aromatic heterocycles. The van der Waals surface area contributed by atoms with Gasteiger partial charge in [-0.3, -0.25) is 10.1 Å². The molecule has 19 heavy (non-hydrogen) atoms. The molecule has 1 N–H and O–H groups in total. The lowest BCUT2D eigenvalue weighted by molar-refractivity contribution is -0.384. The van der Waals surface area contributed by atoms with Gasteiger partial charge in [-0.2, -0.15) is 0 Å². The Balaban J connectivity index is 2.30. The number of anilines is 1. The highest BCUT2D eigenvalue weighted by molar-refractivity contribution is 5.86. The maximum atomic E-state index is 11.0. The van der Waals surface area contributed by atoms with E-state index in [-0.39, 0.29) is 17.2 Å². The Labute approximate surface area is 110 Å². The molecule has 7 nitrogen and oxygen atoms in total. The van der Waals surface area contributed by atoms with E-state index in [1.807, 2.05) is 0 Å². The van der Waals surface area contributed by atoms with Crippen LogP contribution in [0.15, 0.2) is 12.1 Å². The second-order valence-electron chi connectivity index (χ2n) is 4.78. The van der Waals surface area contributed by atoms with E-state index < -0.39 is 10.9 Å². The molecule has 0 atom stereocenters. The quantitative estimate of drug-likeness (QED) is 0.645. The Hall–Kier alpha value is -2.18. The molecule has 1 heterocycles. The lowest BCUT2D eigenvalue weighted by Crippen LogP contribution is -2.30. The number of nitrogens with zero attached hydrogens (tertiary/aromatic N) is 3. The largest absolute Gasteiger partial charge is 0.477 e. The van der Waals surface area contributed by atoms with Gasteiger partial charge in [0, 0.05) is 19.7 Å². The first-order chi connectivity index (χ1) is 8.99. The molecule has 0 bridgehead atoms. The first-order valence-corrected chi connectivity index (χ1v) is 6.09. The molecule has 1 fully saturated rings. The summed E-state index contributed by atoms with van der Waals surface area (Å²) in [6, 6.07) is 2.35. The van der Waals surface area contributed by atoms with Crippen LogP contribution in [0.2, 0.25) is 0 Å². The number of pyridine rings is 1. The molecule has 0 radical (unpaired) electrons. The van der Waals surface area contributed by atoms with Crippen LogP contribution in [0.5, 0.6) is 0 Å². The van der Waals surface area contributed by atoms with Crippen molar-refractivity contribution in [2.75, 3.05) is 18.5 Å². The topological polar surface area (TPSA) is 96.6 Å². The molecular weight excluding hydrogens is 250 g/mol. The molecule has 102 valence electrons. The third-order valence-corrected chi connectivity index (χ3v) is 3.39. The first kappa shape index (κ1) is 13.3. The normalized spacial score (nSPS) is 14.8. The predicted octanol–water partition coefficient (Wildman–Crippen LogP) is 1.92. The summed E-state index contributed by atoms with van der Waals surface area (Å²) in [4.78, 5) is 26.9. The Bertz CT molecular complexity index is 514. The minimum absolute atomic E-state index is 0.122. The molecule has 7 heteroatoms. The van der Waals surface area contributed by atoms with Crippen molar-refractivity contribution in [1.29, 1.82) is 0 Å². The van der Waals surface area contributed by atoms with Crippen molar-refractivity contribution in [3.63, 3.8) is 0 Å². The summed E-state index contributed by atoms with van der Waals surface area (Å²) in [6.45, 7) is 0.664. The van der Waals surface area contributed by atoms with E-state index in [1.165, 1.54) is 12.5 Å². The summed E-state index contributed by atoms with van der Waals surface area (Å²) in [5.41, 5.74) is -0.340. The van der Waals surface area contributed by atoms with Crippen LogP contribution in [0.4, 0.5) is 11.5 Å². The van der Waals surface area contributed by atoms with Crippen LogP contribution < -0.4 is 4.90 Å². The van der Waals surface area contributed by atoms with Crippen LogP contribution in [0.25, 0.3) is 0 Å². The van der Waals surface area contributed by atoms with Crippen LogP contribution in [-0.4, -0.2) is 34.6 Å². The van der Waals surface area contributed by atoms with E-state index >= 15 is 0 Å². The van der Waals surface area contributed by atoms with Crippen molar-refractivity contribution in [3.8, 4) is 0 Å². The maximum absolute atomic E-state index is 11.0. The van der Waals surface area contributed by atoms with Gasteiger partial charge in [0.25, 0.3) is 0 Å². The van der Waals surface area contributed by atoms with Gasteiger partial charge in [-0.25, -0.2) is 9.78 Å². The standard InChI is InChI=1S/C12H15N3O4/c1-14(7-8-3-2-4-8)11-10(15(18)19)6-5-9(13-11)12(16)17/h5-6,8H,2-4,7H2,1H3,(H,16,17). The zero-order valence-electron chi connectivity index (χ0n) is 10.6. The van der Waals surface area contributed by atoms with Gasteiger partial charge in [-0.15, -0.1) is 0 Å². The molecule has 1 aromatic rings. The van der Waals surface area contributed by atoms with E-state index in [9.17, 15) is 14.9 Å². The van der Waals surface area contributed by atoms with Crippen LogP contribution in [0, 0.1) is 16.0 Å². The highest BCUT2D eigenvalue weighted by atomic mass is 16.6. The lowest BCUT2D eigenvalue weighted by Gasteiger charge is -2.30. The number of carboxylic acid groups (broad SMARTS) is 1. The Kier molecular flexibility index (Phi) is 3.64. The van der Waals surface area contributed by atoms with Gasteiger partial charge in [0.05, 0.1) is 4.92 Å². The van der Waals surface area contributed by atoms with Crippen molar-refractivity contribution >= 4 is 17.5 Å². The number of aromatic nitrogens is 1. The molecular formula is C12H15N3O4. The summed E-state index contributed by atoms with van der Waals surface area (Å²) >= 11 is 0. The van der Waals surface area contributed by atoms with Crippen molar-refractivity contribution in [3.05, 3.63) is 27.9 Å². The zero-order valence-corrected chi connectivity index (χ0v) is 10.6. The summed E-state index contributed by atoms with van der Waals surface area (Å²) in [5.74, 6) is -0.551. The summed E-state index contributed by atoms with van der Waals surface area (Å²) in [5, 5.41) is 19.9. The minimum atomic E-state index is -1.19. The van der Waals surface area contributed by atoms with E-state index in [1.54, 1.807) is 11.9 Å². The van der Waals surface area contributed by atoms with Crippen molar-refractivity contribution < 1.29 is 14.8 Å². The van der Waals surface area contributed by atoms with Gasteiger partial charge in [0.2, 0.25) is 5.82 Å². The summed E-state index contributed by atoms with van der Waals surface area (Å²) in [7, 11) is 1.71. The molecule has 1 aliphatic carbocycles. The molecule has 0 aromatic carbocycles. The fraction of sp³-hybridized carbons (Fsp3) is 0.500. The van der Waals surface area contributed by atoms with Gasteiger partial charge < -0.3 is 10.0 Å². The number of aromatic carboxylic acids is 1. The monoisotopic (exact) mass is 265 g/mol. The van der Waals surface area contributed by atoms with E-state index in [2.05, 4.69) is 4.98 Å². The summed E-state index contributed by atoms with van der Waals surface area (Å²) < 4.78 is 0. The predicted molar refractivity (Wildman–Crippen MR) is 68.5 cm³/mol. The highest BCUT2D eigenvalue weighted by Gasteiger charge is 2.25. The van der Waals surface area contributed by atoms with Crippen LogP contribution in [-0.2, 0) is 0 Å². The van der Waals surface area contributed by atoms with E-state index in [0.29, 0.717) is 12.5 Å². The van der Waals surface area contributed by atoms with Crippen LogP contribution in [0.3, 0.4) is 0 Å². The molecule has 2 rings (SSSR count). The van der Waals surface area contributed by atoms with Crippen LogP contribution in [0.1, 0.15) is 29.8 Å². The second-order valence-corrected chi connectivity index (χ2v) is 4.78. The second kappa shape index (κ2) is 5.21. The van der Waals surface area contributed by atoms with Crippen molar-refractivity contribution in [1.82, 2.24) is 4.98 Å². The van der Waals surface area contributed by atoms with Crippen molar-refractivity contribution in [2.45, 2.75) is 19.3 Å². The molecule has 0 saturated heterocycles. The maximum Gasteiger partial charge on any atom is 0.354 e. The number of carbonyl (C=O) groups is 1. The molecule has 0 amide bonds. The van der Waals surface area contributed by atoms with Gasteiger partial charge in [0.15, 0.2) is 5.69 Å². The van der Waals surface area contributed by atoms with Crippen LogP contribution >= 0.6 is 0 Å². The fourth-order valence-electron chi connectivity index (χ4n) is 2.13.